The van der Waals surface area contributed by atoms with Crippen molar-refractivity contribution in [2.45, 2.75) is 13.3 Å². The number of carbonyl (C=O) groups excluding carboxylic acids is 1. The highest BCUT2D eigenvalue weighted by molar-refractivity contribution is 5.89. The first-order valence-corrected chi connectivity index (χ1v) is 8.77. The molecule has 0 amide bonds. The van der Waals surface area contributed by atoms with Gasteiger partial charge in [-0.3, -0.25) is 9.20 Å². The van der Waals surface area contributed by atoms with E-state index in [0.29, 0.717) is 34.3 Å². The zero-order valence-electron chi connectivity index (χ0n) is 15.4. The Morgan fingerprint density at radius 2 is 1.89 bits per heavy atom. The summed E-state index contributed by atoms with van der Waals surface area (Å²) in [5, 5.41) is 9.71. The number of rotatable bonds is 3. The second-order valence-electron chi connectivity index (χ2n) is 6.59. The van der Waals surface area contributed by atoms with Gasteiger partial charge in [0, 0.05) is 12.0 Å². The molecule has 0 radical (unpaired) electrons. The average molecular weight is 371 g/mol. The van der Waals surface area contributed by atoms with Gasteiger partial charge in [-0.2, -0.15) is 5.26 Å². The molecule has 0 unspecified atom stereocenters. The van der Waals surface area contributed by atoms with Crippen molar-refractivity contribution in [1.82, 2.24) is 9.38 Å². The van der Waals surface area contributed by atoms with Gasteiger partial charge in [0.25, 0.3) is 5.56 Å². The van der Waals surface area contributed by atoms with Gasteiger partial charge in [0.2, 0.25) is 0 Å². The second-order valence-corrected chi connectivity index (χ2v) is 6.59. The van der Waals surface area contributed by atoms with Crippen LogP contribution >= 0.6 is 0 Å². The molecular formula is C22H17N3O3. The maximum absolute atomic E-state index is 13.3. The van der Waals surface area contributed by atoms with Crippen molar-refractivity contribution in [2.24, 2.45) is 0 Å². The first-order chi connectivity index (χ1) is 13.5. The Kier molecular flexibility index (Phi) is 4.21. The Bertz CT molecular complexity index is 1320. The summed E-state index contributed by atoms with van der Waals surface area (Å²) in [6.45, 7) is 1.80. The third-order valence-electron chi connectivity index (χ3n) is 5.02. The van der Waals surface area contributed by atoms with Crippen LogP contribution in [0.1, 0.15) is 32.6 Å². The lowest BCUT2D eigenvalue weighted by atomic mass is 9.98. The molecule has 0 saturated heterocycles. The summed E-state index contributed by atoms with van der Waals surface area (Å²) in [5.41, 5.74) is 4.90. The zero-order chi connectivity index (χ0) is 19.8. The van der Waals surface area contributed by atoms with E-state index in [1.165, 1.54) is 7.11 Å². The molecule has 138 valence electrons. The Balaban J connectivity index is 1.90. The van der Waals surface area contributed by atoms with Crippen molar-refractivity contribution >= 4 is 22.6 Å². The number of para-hydroxylation sites is 2. The first-order valence-electron chi connectivity index (χ1n) is 8.77. The molecule has 6 heteroatoms. The minimum Gasteiger partial charge on any atom is -0.465 e. The zero-order valence-corrected chi connectivity index (χ0v) is 15.4. The van der Waals surface area contributed by atoms with Crippen LogP contribution in [0.3, 0.4) is 0 Å². The highest BCUT2D eigenvalue weighted by Crippen LogP contribution is 2.22. The van der Waals surface area contributed by atoms with Gasteiger partial charge in [0.15, 0.2) is 0 Å². The van der Waals surface area contributed by atoms with Crippen LogP contribution in [0.5, 0.6) is 0 Å². The van der Waals surface area contributed by atoms with Gasteiger partial charge in [0.1, 0.15) is 11.7 Å². The lowest BCUT2D eigenvalue weighted by molar-refractivity contribution is 0.0600. The second kappa shape index (κ2) is 6.71. The number of hydrogen-bond acceptors (Lipinski definition) is 4. The van der Waals surface area contributed by atoms with E-state index in [4.69, 9.17) is 4.74 Å². The Labute approximate surface area is 160 Å². The van der Waals surface area contributed by atoms with Crippen LogP contribution in [0.4, 0.5) is 0 Å². The van der Waals surface area contributed by atoms with Gasteiger partial charge in [-0.05, 0) is 42.3 Å². The summed E-state index contributed by atoms with van der Waals surface area (Å²) in [4.78, 5) is 28.1. The number of H-pyrrole nitrogens is 1. The monoisotopic (exact) mass is 371 g/mol. The number of carbonyl (C=O) groups is 1. The fraction of sp³-hybridized carbons (Fsp3) is 0.136. The molecule has 0 bridgehead atoms. The van der Waals surface area contributed by atoms with Crippen molar-refractivity contribution in [3.8, 4) is 6.07 Å². The Hall–Kier alpha value is -3.85. The van der Waals surface area contributed by atoms with Crippen molar-refractivity contribution in [3.63, 3.8) is 0 Å². The molecular weight excluding hydrogens is 354 g/mol. The summed E-state index contributed by atoms with van der Waals surface area (Å²) in [5.74, 6) is -0.408. The van der Waals surface area contributed by atoms with E-state index in [1.54, 1.807) is 35.6 Å². The molecule has 0 aliphatic rings. The van der Waals surface area contributed by atoms with E-state index < -0.39 is 5.97 Å². The molecule has 1 N–H and O–H groups in total. The summed E-state index contributed by atoms with van der Waals surface area (Å²) in [6, 6.07) is 16.6. The van der Waals surface area contributed by atoms with E-state index >= 15 is 0 Å². The standard InChI is InChI=1S/C22H17N3O3/c1-13-16(11-14-7-9-15(10-8-14)22(27)28-2)21(26)25-19-6-4-3-5-18(19)24-20(25)17(13)12-23/h3-10,24H,11H2,1-2H3. The number of aromatic nitrogens is 2. The molecule has 0 saturated carbocycles. The number of nitrogens with one attached hydrogen (secondary N) is 1. The van der Waals surface area contributed by atoms with Crippen LogP contribution in [0.15, 0.2) is 53.3 Å². The summed E-state index contributed by atoms with van der Waals surface area (Å²) in [6.07, 6.45) is 0.364. The van der Waals surface area contributed by atoms with Gasteiger partial charge in [-0.15, -0.1) is 0 Å². The van der Waals surface area contributed by atoms with Gasteiger partial charge in [-0.25, -0.2) is 4.79 Å². The number of esters is 1. The average Bonchev–Trinajstić information content (AvgIpc) is 3.10. The molecule has 0 aliphatic heterocycles. The molecule has 0 atom stereocenters. The summed E-state index contributed by atoms with van der Waals surface area (Å²) >= 11 is 0. The molecule has 0 spiro atoms. The largest absolute Gasteiger partial charge is 0.465 e. The lowest BCUT2D eigenvalue weighted by Crippen LogP contribution is -2.21. The molecule has 4 aromatic rings. The van der Waals surface area contributed by atoms with Crippen LogP contribution in [0.2, 0.25) is 0 Å². The predicted molar refractivity (Wildman–Crippen MR) is 106 cm³/mol. The summed E-state index contributed by atoms with van der Waals surface area (Å²) < 4.78 is 6.28. The van der Waals surface area contributed by atoms with E-state index in [0.717, 1.165) is 16.6 Å². The number of imidazole rings is 1. The van der Waals surface area contributed by atoms with Gasteiger partial charge >= 0.3 is 5.97 Å². The number of hydrogen-bond donors (Lipinski definition) is 1. The molecule has 2 heterocycles. The number of fused-ring (bicyclic) bond motifs is 3. The highest BCUT2D eigenvalue weighted by Gasteiger charge is 2.18. The number of nitrogens with zero attached hydrogens (tertiary/aromatic N) is 2. The number of aromatic amines is 1. The summed E-state index contributed by atoms with van der Waals surface area (Å²) in [7, 11) is 1.33. The molecule has 0 fully saturated rings. The predicted octanol–water partition coefficient (Wildman–Crippen LogP) is 3.34. The molecule has 4 rings (SSSR count). The molecule has 2 aromatic heterocycles. The molecule has 6 nitrogen and oxygen atoms in total. The van der Waals surface area contributed by atoms with E-state index in [-0.39, 0.29) is 5.56 Å². The van der Waals surface area contributed by atoms with E-state index in [1.807, 2.05) is 24.3 Å². The van der Waals surface area contributed by atoms with Crippen LogP contribution < -0.4 is 5.56 Å². The fourth-order valence-corrected chi connectivity index (χ4v) is 3.51. The smallest absolute Gasteiger partial charge is 0.337 e. The first kappa shape index (κ1) is 17.6. The topological polar surface area (TPSA) is 87.4 Å². The molecule has 28 heavy (non-hydrogen) atoms. The molecule has 2 aromatic carbocycles. The Morgan fingerprint density at radius 3 is 2.57 bits per heavy atom. The van der Waals surface area contributed by atoms with Crippen molar-refractivity contribution in [1.29, 1.82) is 5.26 Å². The number of ether oxygens (including phenoxy) is 1. The van der Waals surface area contributed by atoms with Crippen LogP contribution in [-0.4, -0.2) is 22.5 Å². The van der Waals surface area contributed by atoms with Crippen molar-refractivity contribution < 1.29 is 9.53 Å². The SMILES string of the molecule is COC(=O)c1ccc(Cc2c(C)c(C#N)c3[nH]c4ccccc4n3c2=O)cc1. The fourth-order valence-electron chi connectivity index (χ4n) is 3.51. The third kappa shape index (κ3) is 2.65. The maximum Gasteiger partial charge on any atom is 0.337 e. The van der Waals surface area contributed by atoms with E-state index in [9.17, 15) is 14.9 Å². The van der Waals surface area contributed by atoms with Crippen LogP contribution in [0.25, 0.3) is 16.7 Å². The van der Waals surface area contributed by atoms with Crippen molar-refractivity contribution in [3.05, 3.63) is 86.7 Å². The maximum atomic E-state index is 13.3. The normalized spacial score (nSPS) is 10.9. The van der Waals surface area contributed by atoms with E-state index in [2.05, 4.69) is 11.1 Å². The minimum atomic E-state index is -0.408. The van der Waals surface area contributed by atoms with Gasteiger partial charge < -0.3 is 9.72 Å². The Morgan fingerprint density at radius 1 is 1.18 bits per heavy atom. The number of methoxy groups -OCH3 is 1. The highest BCUT2D eigenvalue weighted by atomic mass is 16.5. The minimum absolute atomic E-state index is 0.152. The third-order valence-corrected chi connectivity index (χ3v) is 5.02. The van der Waals surface area contributed by atoms with Crippen molar-refractivity contribution in [2.75, 3.05) is 7.11 Å². The van der Waals surface area contributed by atoms with Crippen LogP contribution in [-0.2, 0) is 11.2 Å². The molecule has 0 aliphatic carbocycles. The van der Waals surface area contributed by atoms with Gasteiger partial charge in [-0.1, -0.05) is 24.3 Å². The quantitative estimate of drug-likeness (QED) is 0.560. The number of pyridine rings is 1. The van der Waals surface area contributed by atoms with Crippen LogP contribution in [0, 0.1) is 18.3 Å². The number of nitriles is 1. The number of benzene rings is 2. The van der Waals surface area contributed by atoms with Gasteiger partial charge in [0.05, 0.1) is 29.3 Å². The lowest BCUT2D eigenvalue weighted by Gasteiger charge is -2.10.